The summed E-state index contributed by atoms with van der Waals surface area (Å²) in [5, 5.41) is 20.4. The average molecular weight is 433 g/mol. The second-order valence-electron chi connectivity index (χ2n) is 6.94. The lowest BCUT2D eigenvalue weighted by atomic mass is 9.97. The third kappa shape index (κ3) is 4.32. The van der Waals surface area contributed by atoms with Crippen LogP contribution in [0.15, 0.2) is 20.8 Å². The van der Waals surface area contributed by atoms with Crippen LogP contribution < -0.4 is 11.2 Å². The largest absolute Gasteiger partial charge is 0.462 e. The number of halogens is 1. The van der Waals surface area contributed by atoms with Gasteiger partial charge in [-0.15, -0.1) is 0 Å². The number of rotatable bonds is 4. The molecule has 1 aliphatic heterocycles. The van der Waals surface area contributed by atoms with Crippen LogP contribution >= 0.6 is 15.9 Å². The van der Waals surface area contributed by atoms with Gasteiger partial charge in [-0.1, -0.05) is 15.9 Å². The number of aliphatic hydroxyl groups excluding tert-OH is 2. The Labute approximate surface area is 157 Å². The number of hydrogen-bond donors (Lipinski definition) is 3. The topological polar surface area (TPSA) is 131 Å². The van der Waals surface area contributed by atoms with E-state index in [0.29, 0.717) is 0 Å². The lowest BCUT2D eigenvalue weighted by molar-refractivity contribution is -0.159. The fourth-order valence-corrected chi connectivity index (χ4v) is 2.63. The zero-order valence-electron chi connectivity index (χ0n) is 14.5. The van der Waals surface area contributed by atoms with Crippen molar-refractivity contribution in [2.75, 3.05) is 6.61 Å². The summed E-state index contributed by atoms with van der Waals surface area (Å²) >= 11 is 3.04. The number of ether oxygens (including phenoxy) is 2. The van der Waals surface area contributed by atoms with E-state index in [1.54, 1.807) is 20.8 Å². The van der Waals surface area contributed by atoms with Crippen molar-refractivity contribution in [1.29, 1.82) is 0 Å². The Kier molecular flexibility index (Phi) is 6.22. The van der Waals surface area contributed by atoms with Crippen molar-refractivity contribution in [3.8, 4) is 0 Å². The predicted octanol–water partition coefficient (Wildman–Crippen LogP) is 0.111. The smallest absolute Gasteiger partial charge is 0.330 e. The van der Waals surface area contributed by atoms with E-state index in [4.69, 9.17) is 9.47 Å². The maximum absolute atomic E-state index is 12.1. The highest BCUT2D eigenvalue weighted by atomic mass is 79.9. The molecule has 2 heterocycles. The molecule has 144 valence electrons. The van der Waals surface area contributed by atoms with Gasteiger partial charge in [-0.25, -0.2) is 4.79 Å². The Bertz CT molecular complexity index is 808. The summed E-state index contributed by atoms with van der Waals surface area (Å²) in [7, 11) is 0. The van der Waals surface area contributed by atoms with Crippen LogP contribution in [0.5, 0.6) is 0 Å². The van der Waals surface area contributed by atoms with E-state index in [9.17, 15) is 24.6 Å². The van der Waals surface area contributed by atoms with Crippen molar-refractivity contribution in [2.24, 2.45) is 5.41 Å². The average Bonchev–Trinajstić information content (AvgIpc) is 2.82. The molecule has 1 saturated heterocycles. The van der Waals surface area contributed by atoms with Gasteiger partial charge in [0.05, 0.1) is 11.0 Å². The summed E-state index contributed by atoms with van der Waals surface area (Å²) < 4.78 is 11.6. The van der Waals surface area contributed by atoms with Crippen LogP contribution in [-0.4, -0.2) is 50.7 Å². The number of hydrogen-bond acceptors (Lipinski definition) is 7. The van der Waals surface area contributed by atoms with Gasteiger partial charge >= 0.3 is 11.7 Å². The Hall–Kier alpha value is -1.75. The molecule has 0 aliphatic carbocycles. The van der Waals surface area contributed by atoms with E-state index in [1.165, 1.54) is 17.3 Å². The van der Waals surface area contributed by atoms with Gasteiger partial charge in [-0.3, -0.25) is 19.1 Å². The third-order valence-corrected chi connectivity index (χ3v) is 4.10. The fourth-order valence-electron chi connectivity index (χ4n) is 2.35. The highest BCUT2D eigenvalue weighted by Gasteiger charge is 2.45. The van der Waals surface area contributed by atoms with Gasteiger partial charge < -0.3 is 19.7 Å². The highest BCUT2D eigenvalue weighted by molar-refractivity contribution is 9.11. The number of carbonyl (C=O) groups is 1. The van der Waals surface area contributed by atoms with E-state index in [-0.39, 0.29) is 12.2 Å². The lowest BCUT2D eigenvalue weighted by Crippen LogP contribution is -2.38. The summed E-state index contributed by atoms with van der Waals surface area (Å²) in [6, 6.07) is 0. The van der Waals surface area contributed by atoms with Gasteiger partial charge in [0.25, 0.3) is 5.56 Å². The van der Waals surface area contributed by atoms with Gasteiger partial charge in [-0.2, -0.15) is 0 Å². The maximum atomic E-state index is 12.1. The third-order valence-electron chi connectivity index (χ3n) is 3.84. The molecule has 0 saturated carbocycles. The van der Waals surface area contributed by atoms with E-state index in [2.05, 4.69) is 20.9 Å². The van der Waals surface area contributed by atoms with Gasteiger partial charge in [0, 0.05) is 6.20 Å². The molecule has 0 bridgehead atoms. The van der Waals surface area contributed by atoms with Crippen molar-refractivity contribution >= 4 is 28.0 Å². The molecule has 9 nitrogen and oxygen atoms in total. The molecule has 1 aromatic rings. The standard InChI is InChI=1S/C16H21BrN2O7/c1-16(2,3)14(23)25-7-9-10(20)11(21)13(26-9)19-6-8(4-5-17)12(22)18-15(19)24/h4-6,9-11,13,20-21H,7H2,1-3H3,(H,18,22,24)/t9-,10-,11+,13-/m1/s1. The second kappa shape index (κ2) is 7.87. The highest BCUT2D eigenvalue weighted by Crippen LogP contribution is 2.29. The van der Waals surface area contributed by atoms with Crippen LogP contribution in [0.4, 0.5) is 0 Å². The number of nitrogens with one attached hydrogen (secondary N) is 1. The first-order valence-corrected chi connectivity index (χ1v) is 8.79. The molecule has 0 spiro atoms. The number of carbonyl (C=O) groups excluding carboxylic acids is 1. The molecule has 0 unspecified atom stereocenters. The van der Waals surface area contributed by atoms with Crippen molar-refractivity contribution in [3.63, 3.8) is 0 Å². The molecule has 1 aromatic heterocycles. The lowest BCUT2D eigenvalue weighted by Gasteiger charge is -2.20. The fraction of sp³-hybridized carbons (Fsp3) is 0.562. The zero-order chi connectivity index (χ0) is 19.6. The van der Waals surface area contributed by atoms with Crippen molar-refractivity contribution < 1.29 is 24.5 Å². The molecule has 2 rings (SSSR count). The number of aromatic amines is 1. The number of aromatic nitrogens is 2. The molecule has 3 N–H and O–H groups in total. The Balaban J connectivity index is 2.22. The van der Waals surface area contributed by atoms with Gasteiger partial charge in [0.1, 0.15) is 24.9 Å². The van der Waals surface area contributed by atoms with Crippen molar-refractivity contribution in [1.82, 2.24) is 9.55 Å². The molecular formula is C16H21BrN2O7. The van der Waals surface area contributed by atoms with Gasteiger partial charge in [0.15, 0.2) is 6.23 Å². The van der Waals surface area contributed by atoms with Crippen LogP contribution in [0, 0.1) is 5.41 Å². The molecule has 1 fully saturated rings. The maximum Gasteiger partial charge on any atom is 0.330 e. The SMILES string of the molecule is CC(C)(C)C(=O)OC[C@H]1O[C@@H](n2cc(C=CBr)c(=O)[nH]c2=O)[C@@H](O)[C@@H]1O. The Morgan fingerprint density at radius 3 is 2.62 bits per heavy atom. The molecular weight excluding hydrogens is 412 g/mol. The quantitative estimate of drug-likeness (QED) is 0.575. The molecule has 0 aromatic carbocycles. The molecule has 0 radical (unpaired) electrons. The van der Waals surface area contributed by atoms with Crippen LogP contribution in [0.25, 0.3) is 6.08 Å². The summed E-state index contributed by atoms with van der Waals surface area (Å²) in [6.45, 7) is 4.75. The summed E-state index contributed by atoms with van der Waals surface area (Å²) in [4.78, 5) is 39.2. The van der Waals surface area contributed by atoms with Crippen LogP contribution in [0.3, 0.4) is 0 Å². The summed E-state index contributed by atoms with van der Waals surface area (Å²) in [5.74, 6) is -0.489. The molecule has 4 atom stereocenters. The number of esters is 1. The molecule has 10 heteroatoms. The molecule has 26 heavy (non-hydrogen) atoms. The summed E-state index contributed by atoms with van der Waals surface area (Å²) in [5.41, 5.74) is -1.99. The monoisotopic (exact) mass is 432 g/mol. The minimum Gasteiger partial charge on any atom is -0.462 e. The van der Waals surface area contributed by atoms with Crippen molar-refractivity contribution in [2.45, 2.75) is 45.3 Å². The Morgan fingerprint density at radius 2 is 2.04 bits per heavy atom. The first kappa shape index (κ1) is 20.6. The second-order valence-corrected chi connectivity index (χ2v) is 7.47. The first-order valence-electron chi connectivity index (χ1n) is 7.87. The van der Waals surface area contributed by atoms with E-state index >= 15 is 0 Å². The number of H-pyrrole nitrogens is 1. The van der Waals surface area contributed by atoms with Crippen LogP contribution in [0.2, 0.25) is 0 Å². The van der Waals surface area contributed by atoms with Crippen LogP contribution in [0.1, 0.15) is 32.6 Å². The molecule has 1 aliphatic rings. The first-order chi connectivity index (χ1) is 12.1. The minimum absolute atomic E-state index is 0.148. The van der Waals surface area contributed by atoms with Gasteiger partial charge in [-0.05, 0) is 31.8 Å². The van der Waals surface area contributed by atoms with E-state index < -0.39 is 47.2 Å². The van der Waals surface area contributed by atoms with Crippen LogP contribution in [-0.2, 0) is 14.3 Å². The number of aliphatic hydroxyl groups is 2. The Morgan fingerprint density at radius 1 is 1.38 bits per heavy atom. The van der Waals surface area contributed by atoms with Crippen molar-refractivity contribution in [3.05, 3.63) is 37.6 Å². The number of nitrogens with zero attached hydrogens (tertiary/aromatic N) is 1. The zero-order valence-corrected chi connectivity index (χ0v) is 16.1. The normalized spacial score (nSPS) is 26.4. The van der Waals surface area contributed by atoms with Gasteiger partial charge in [0.2, 0.25) is 0 Å². The minimum atomic E-state index is -1.45. The summed E-state index contributed by atoms with van der Waals surface area (Å²) in [6.07, 6.45) is -2.46. The van der Waals surface area contributed by atoms with E-state index in [1.807, 2.05) is 0 Å². The van der Waals surface area contributed by atoms with E-state index in [0.717, 1.165) is 4.57 Å². The predicted molar refractivity (Wildman–Crippen MR) is 95.6 cm³/mol. The molecule has 0 amide bonds.